The summed E-state index contributed by atoms with van der Waals surface area (Å²) in [6.07, 6.45) is 4.07. The third-order valence-corrected chi connectivity index (χ3v) is 6.32. The number of hydrogen-bond donors (Lipinski definition) is 0. The van der Waals surface area contributed by atoms with Gasteiger partial charge in [0, 0.05) is 16.3 Å². The van der Waals surface area contributed by atoms with Crippen LogP contribution >= 0.6 is 0 Å². The van der Waals surface area contributed by atoms with Crippen molar-refractivity contribution in [1.29, 1.82) is 0 Å². The Morgan fingerprint density at radius 3 is 2.20 bits per heavy atom. The molecule has 0 amide bonds. The molecule has 3 nitrogen and oxygen atoms in total. The summed E-state index contributed by atoms with van der Waals surface area (Å²) in [5, 5.41) is 2.42. The van der Waals surface area contributed by atoms with Gasteiger partial charge in [-0.15, -0.1) is 0 Å². The minimum absolute atomic E-state index is 1.00. The van der Waals surface area contributed by atoms with E-state index in [9.17, 15) is 0 Å². The van der Waals surface area contributed by atoms with Gasteiger partial charge in [0.1, 0.15) is 11.3 Å². The van der Waals surface area contributed by atoms with Crippen LogP contribution in [0, 0.1) is 0 Å². The molecular formula is C27H23N3. The molecule has 0 radical (unpaired) electrons. The highest BCUT2D eigenvalue weighted by Gasteiger charge is 2.19. The number of benzene rings is 3. The maximum atomic E-state index is 4.94. The number of aryl methyl sites for hydroxylation is 2. The van der Waals surface area contributed by atoms with Gasteiger partial charge in [0.25, 0.3) is 0 Å². The van der Waals surface area contributed by atoms with E-state index in [4.69, 9.17) is 4.98 Å². The largest absolute Gasteiger partial charge is 0.295 e. The summed E-state index contributed by atoms with van der Waals surface area (Å²) in [6, 6.07) is 26.2. The Morgan fingerprint density at radius 1 is 0.733 bits per heavy atom. The van der Waals surface area contributed by atoms with E-state index in [-0.39, 0.29) is 0 Å². The normalized spacial score (nSPS) is 11.9. The van der Waals surface area contributed by atoms with Gasteiger partial charge in [-0.25, -0.2) is 4.98 Å². The summed E-state index contributed by atoms with van der Waals surface area (Å²) in [4.78, 5) is 4.94. The van der Waals surface area contributed by atoms with Crippen molar-refractivity contribution in [2.45, 2.75) is 26.7 Å². The molecule has 0 aliphatic carbocycles. The van der Waals surface area contributed by atoms with E-state index in [2.05, 4.69) is 102 Å². The Bertz CT molecular complexity index is 1540. The molecule has 0 bridgehead atoms. The van der Waals surface area contributed by atoms with Crippen molar-refractivity contribution >= 4 is 33.1 Å². The van der Waals surface area contributed by atoms with E-state index in [1.807, 2.05) is 0 Å². The molecule has 0 unspecified atom stereocenters. The number of rotatable bonds is 3. The van der Waals surface area contributed by atoms with Crippen LogP contribution in [0.1, 0.15) is 25.0 Å². The highest BCUT2D eigenvalue weighted by atomic mass is 15.1. The van der Waals surface area contributed by atoms with E-state index in [1.54, 1.807) is 0 Å². The van der Waals surface area contributed by atoms with Gasteiger partial charge < -0.3 is 0 Å². The van der Waals surface area contributed by atoms with Gasteiger partial charge in [-0.2, -0.15) is 0 Å². The smallest absolute Gasteiger partial charge is 0.148 e. The molecule has 0 spiro atoms. The van der Waals surface area contributed by atoms with Crippen molar-refractivity contribution < 1.29 is 0 Å². The average molecular weight is 390 g/mol. The van der Waals surface area contributed by atoms with Crippen LogP contribution < -0.4 is 0 Å². The maximum Gasteiger partial charge on any atom is 0.148 e. The van der Waals surface area contributed by atoms with Crippen LogP contribution in [0.3, 0.4) is 0 Å². The van der Waals surface area contributed by atoms with Crippen molar-refractivity contribution in [3.8, 4) is 11.3 Å². The molecule has 3 heteroatoms. The fourth-order valence-corrected chi connectivity index (χ4v) is 4.94. The monoisotopic (exact) mass is 389 g/mol. The standard InChI is InChI=1S/C27H23N3/c1-3-18-11-9-12-19(4-2)26(18)24-17-28-27-21-13-6-8-15-23(21)29-22-14-7-5-10-20(22)16-25(29)30(24)27/h5-17H,3-4H2,1-2H3. The summed E-state index contributed by atoms with van der Waals surface area (Å²) in [5.41, 5.74) is 9.85. The highest BCUT2D eigenvalue weighted by molar-refractivity contribution is 6.00. The fraction of sp³-hybridized carbons (Fsp3) is 0.148. The first-order chi connectivity index (χ1) is 14.8. The quantitative estimate of drug-likeness (QED) is 0.331. The van der Waals surface area contributed by atoms with Crippen molar-refractivity contribution in [2.75, 3.05) is 0 Å². The van der Waals surface area contributed by atoms with Crippen LogP contribution in [-0.2, 0) is 12.8 Å². The van der Waals surface area contributed by atoms with Crippen LogP contribution in [0.4, 0.5) is 0 Å². The second-order valence-electron chi connectivity index (χ2n) is 7.87. The second kappa shape index (κ2) is 6.46. The van der Waals surface area contributed by atoms with Gasteiger partial charge >= 0.3 is 0 Å². The van der Waals surface area contributed by atoms with Gasteiger partial charge in [-0.3, -0.25) is 8.80 Å². The molecule has 0 atom stereocenters. The zero-order valence-corrected chi connectivity index (χ0v) is 17.3. The highest BCUT2D eigenvalue weighted by Crippen LogP contribution is 2.35. The first-order valence-corrected chi connectivity index (χ1v) is 10.7. The lowest BCUT2D eigenvalue weighted by Crippen LogP contribution is -2.01. The summed E-state index contributed by atoms with van der Waals surface area (Å²) in [6.45, 7) is 4.47. The number of imidazole rings is 1. The molecule has 0 saturated heterocycles. The zero-order valence-electron chi connectivity index (χ0n) is 17.3. The number of nitrogens with zero attached hydrogens (tertiary/aromatic N) is 3. The van der Waals surface area contributed by atoms with Gasteiger partial charge in [0.05, 0.1) is 22.9 Å². The van der Waals surface area contributed by atoms with E-state index in [0.29, 0.717) is 0 Å². The van der Waals surface area contributed by atoms with Gasteiger partial charge in [-0.1, -0.05) is 62.4 Å². The van der Waals surface area contributed by atoms with Crippen LogP contribution in [0.15, 0.2) is 79.0 Å². The topological polar surface area (TPSA) is 21.7 Å². The van der Waals surface area contributed by atoms with Gasteiger partial charge in [-0.05, 0) is 48.2 Å². The molecular weight excluding hydrogens is 366 g/mol. The molecule has 3 aromatic heterocycles. The second-order valence-corrected chi connectivity index (χ2v) is 7.87. The number of para-hydroxylation sites is 2. The molecule has 3 heterocycles. The van der Waals surface area contributed by atoms with Crippen molar-refractivity contribution in [3.05, 3.63) is 90.1 Å². The lowest BCUT2D eigenvalue weighted by atomic mass is 9.95. The molecule has 6 rings (SSSR count). The molecule has 0 N–H and O–H groups in total. The summed E-state index contributed by atoms with van der Waals surface area (Å²) >= 11 is 0. The number of aromatic nitrogens is 3. The minimum Gasteiger partial charge on any atom is -0.295 e. The molecule has 3 aromatic carbocycles. The Hall–Kier alpha value is -3.59. The predicted octanol–water partition coefficient (Wildman–Crippen LogP) is 6.69. The van der Waals surface area contributed by atoms with Crippen LogP contribution in [0.2, 0.25) is 0 Å². The van der Waals surface area contributed by atoms with Gasteiger partial charge in [0.2, 0.25) is 0 Å². The predicted molar refractivity (Wildman–Crippen MR) is 125 cm³/mol. The van der Waals surface area contributed by atoms with E-state index < -0.39 is 0 Å². The first-order valence-electron chi connectivity index (χ1n) is 10.7. The SMILES string of the molecule is CCc1cccc(CC)c1-c1cnc2c3ccccc3n3c4ccccc4cc3n12. The first kappa shape index (κ1) is 17.3. The number of fused-ring (bicyclic) bond motifs is 8. The van der Waals surface area contributed by atoms with Crippen molar-refractivity contribution in [2.24, 2.45) is 0 Å². The van der Waals surface area contributed by atoms with Crippen LogP contribution in [0.25, 0.3) is 44.4 Å². The average Bonchev–Trinajstić information content (AvgIpc) is 3.40. The maximum absolute atomic E-state index is 4.94. The Kier molecular flexibility index (Phi) is 3.72. The number of hydrogen-bond acceptors (Lipinski definition) is 1. The van der Waals surface area contributed by atoms with Crippen LogP contribution in [-0.4, -0.2) is 13.8 Å². The van der Waals surface area contributed by atoms with E-state index in [1.165, 1.54) is 44.2 Å². The fourth-order valence-electron chi connectivity index (χ4n) is 4.94. The Morgan fingerprint density at radius 2 is 1.43 bits per heavy atom. The molecule has 0 fully saturated rings. The summed E-state index contributed by atoms with van der Waals surface area (Å²) in [5.74, 6) is 0. The minimum atomic E-state index is 1.00. The molecule has 146 valence electrons. The third kappa shape index (κ3) is 2.23. The molecule has 30 heavy (non-hydrogen) atoms. The summed E-state index contributed by atoms with van der Waals surface area (Å²) in [7, 11) is 0. The molecule has 6 aromatic rings. The third-order valence-electron chi connectivity index (χ3n) is 6.32. The van der Waals surface area contributed by atoms with E-state index in [0.717, 1.165) is 24.1 Å². The summed E-state index contributed by atoms with van der Waals surface area (Å²) < 4.78 is 4.74. The zero-order chi connectivity index (χ0) is 20.2. The van der Waals surface area contributed by atoms with Crippen molar-refractivity contribution in [1.82, 2.24) is 13.8 Å². The molecule has 0 aliphatic rings. The molecule has 0 aliphatic heterocycles. The lowest BCUT2D eigenvalue weighted by Gasteiger charge is -2.15. The van der Waals surface area contributed by atoms with Crippen LogP contribution in [0.5, 0.6) is 0 Å². The van der Waals surface area contributed by atoms with Crippen molar-refractivity contribution in [3.63, 3.8) is 0 Å². The van der Waals surface area contributed by atoms with E-state index >= 15 is 0 Å². The van der Waals surface area contributed by atoms with Gasteiger partial charge in [0.15, 0.2) is 0 Å². The molecule has 0 saturated carbocycles. The Labute approximate surface area is 175 Å². The Balaban J connectivity index is 1.88. The lowest BCUT2D eigenvalue weighted by molar-refractivity contribution is 1.07.